The molecule has 0 spiro atoms. The van der Waals surface area contributed by atoms with E-state index in [0.717, 1.165) is 19.3 Å². The second kappa shape index (κ2) is 5.42. The number of benzene rings is 1. The van der Waals surface area contributed by atoms with Crippen LogP contribution in [0.4, 0.5) is 0 Å². The molecule has 1 aromatic rings. The van der Waals surface area contributed by atoms with Crippen LogP contribution in [0.5, 0.6) is 0 Å². The Morgan fingerprint density at radius 3 is 2.50 bits per heavy atom. The summed E-state index contributed by atoms with van der Waals surface area (Å²) < 4.78 is 0. The smallest absolute Gasteiger partial charge is 0.0707 e. The van der Waals surface area contributed by atoms with Gasteiger partial charge in [0.2, 0.25) is 0 Å². The summed E-state index contributed by atoms with van der Waals surface area (Å²) in [6, 6.07) is 10.4. The topological polar surface area (TPSA) is 20.2 Å². The van der Waals surface area contributed by atoms with Gasteiger partial charge in [0, 0.05) is 5.75 Å². The molecular formula is C12H18OS. The highest BCUT2D eigenvalue weighted by Crippen LogP contribution is 2.15. The fourth-order valence-electron chi connectivity index (χ4n) is 1.40. The molecule has 0 saturated carbocycles. The Kier molecular flexibility index (Phi) is 4.49. The van der Waals surface area contributed by atoms with Gasteiger partial charge in [-0.2, -0.15) is 12.6 Å². The maximum atomic E-state index is 9.72. The van der Waals surface area contributed by atoms with E-state index in [1.807, 2.05) is 25.1 Å². The SMILES string of the molecule is CC(O)(CS)CCCc1ccccc1. The average molecular weight is 210 g/mol. The zero-order chi connectivity index (χ0) is 10.4. The third-order valence-corrected chi connectivity index (χ3v) is 3.05. The molecule has 1 rings (SSSR count). The minimum absolute atomic E-state index is 0.530. The lowest BCUT2D eigenvalue weighted by atomic mass is 9.99. The summed E-state index contributed by atoms with van der Waals surface area (Å²) in [7, 11) is 0. The van der Waals surface area contributed by atoms with E-state index >= 15 is 0 Å². The van der Waals surface area contributed by atoms with Gasteiger partial charge in [-0.25, -0.2) is 0 Å². The molecule has 1 N–H and O–H groups in total. The van der Waals surface area contributed by atoms with E-state index in [1.165, 1.54) is 5.56 Å². The van der Waals surface area contributed by atoms with E-state index in [2.05, 4.69) is 24.8 Å². The summed E-state index contributed by atoms with van der Waals surface area (Å²) in [4.78, 5) is 0. The van der Waals surface area contributed by atoms with Crippen molar-refractivity contribution < 1.29 is 5.11 Å². The summed E-state index contributed by atoms with van der Waals surface area (Å²) >= 11 is 4.11. The van der Waals surface area contributed by atoms with Gasteiger partial charge in [0.1, 0.15) is 0 Å². The average Bonchev–Trinajstić information content (AvgIpc) is 2.19. The van der Waals surface area contributed by atoms with E-state index < -0.39 is 5.60 Å². The lowest BCUT2D eigenvalue weighted by molar-refractivity contribution is 0.0743. The van der Waals surface area contributed by atoms with Crippen LogP contribution in [0.1, 0.15) is 25.3 Å². The molecule has 0 heterocycles. The largest absolute Gasteiger partial charge is 0.389 e. The van der Waals surface area contributed by atoms with Crippen molar-refractivity contribution in [2.75, 3.05) is 5.75 Å². The first kappa shape index (κ1) is 11.6. The first-order valence-corrected chi connectivity index (χ1v) is 5.64. The number of hydrogen-bond acceptors (Lipinski definition) is 2. The van der Waals surface area contributed by atoms with Crippen molar-refractivity contribution in [2.24, 2.45) is 0 Å². The molecule has 1 unspecified atom stereocenters. The molecule has 78 valence electrons. The number of hydrogen-bond donors (Lipinski definition) is 2. The monoisotopic (exact) mass is 210 g/mol. The summed E-state index contributed by atoms with van der Waals surface area (Å²) in [5, 5.41) is 9.72. The Bertz CT molecular complexity index is 256. The zero-order valence-corrected chi connectivity index (χ0v) is 9.50. The molecule has 0 aliphatic heterocycles. The Labute approximate surface area is 91.6 Å². The minimum Gasteiger partial charge on any atom is -0.389 e. The van der Waals surface area contributed by atoms with Crippen LogP contribution in [0.25, 0.3) is 0 Å². The van der Waals surface area contributed by atoms with Crippen molar-refractivity contribution in [1.82, 2.24) is 0 Å². The normalized spacial score (nSPS) is 15.1. The molecule has 14 heavy (non-hydrogen) atoms. The van der Waals surface area contributed by atoms with E-state index in [1.54, 1.807) is 0 Å². The Balaban J connectivity index is 2.29. The summed E-state index contributed by atoms with van der Waals surface area (Å²) in [6.07, 6.45) is 2.85. The predicted molar refractivity (Wildman–Crippen MR) is 63.9 cm³/mol. The highest BCUT2D eigenvalue weighted by Gasteiger charge is 2.16. The highest BCUT2D eigenvalue weighted by atomic mass is 32.1. The third kappa shape index (κ3) is 4.16. The molecular weight excluding hydrogens is 192 g/mol. The maximum absolute atomic E-state index is 9.72. The van der Waals surface area contributed by atoms with Crippen LogP contribution in [0.15, 0.2) is 30.3 Å². The second-order valence-electron chi connectivity index (χ2n) is 3.99. The van der Waals surface area contributed by atoms with Crippen molar-refractivity contribution in [1.29, 1.82) is 0 Å². The lowest BCUT2D eigenvalue weighted by Gasteiger charge is -2.20. The molecule has 0 radical (unpaired) electrons. The van der Waals surface area contributed by atoms with Gasteiger partial charge < -0.3 is 5.11 Å². The molecule has 1 aromatic carbocycles. The minimum atomic E-state index is -0.613. The first-order chi connectivity index (χ1) is 6.64. The standard InChI is InChI=1S/C12H18OS/c1-12(13,10-14)9-5-8-11-6-3-2-4-7-11/h2-4,6-7,13-14H,5,8-10H2,1H3. The van der Waals surface area contributed by atoms with Crippen molar-refractivity contribution in [2.45, 2.75) is 31.8 Å². The number of thiol groups is 1. The van der Waals surface area contributed by atoms with E-state index in [4.69, 9.17) is 0 Å². The number of aryl methyl sites for hydroxylation is 1. The molecule has 0 amide bonds. The fourth-order valence-corrected chi connectivity index (χ4v) is 1.56. The fraction of sp³-hybridized carbons (Fsp3) is 0.500. The van der Waals surface area contributed by atoms with Crippen LogP contribution >= 0.6 is 12.6 Å². The Hall–Kier alpha value is -0.470. The van der Waals surface area contributed by atoms with E-state index in [0.29, 0.717) is 5.75 Å². The number of rotatable bonds is 5. The molecule has 0 fully saturated rings. The molecule has 2 heteroatoms. The van der Waals surface area contributed by atoms with Crippen LogP contribution < -0.4 is 0 Å². The molecule has 1 nitrogen and oxygen atoms in total. The first-order valence-electron chi connectivity index (χ1n) is 5.01. The third-order valence-electron chi connectivity index (χ3n) is 2.36. The molecule has 0 aliphatic carbocycles. The van der Waals surface area contributed by atoms with Crippen molar-refractivity contribution >= 4 is 12.6 Å². The van der Waals surface area contributed by atoms with Gasteiger partial charge in [-0.05, 0) is 31.7 Å². The van der Waals surface area contributed by atoms with Crippen LogP contribution in [-0.2, 0) is 6.42 Å². The molecule has 1 atom stereocenters. The van der Waals surface area contributed by atoms with E-state index in [9.17, 15) is 5.11 Å². The van der Waals surface area contributed by atoms with Crippen LogP contribution in [0, 0.1) is 0 Å². The zero-order valence-electron chi connectivity index (χ0n) is 8.61. The van der Waals surface area contributed by atoms with Crippen molar-refractivity contribution in [3.63, 3.8) is 0 Å². The van der Waals surface area contributed by atoms with Gasteiger partial charge in [0.25, 0.3) is 0 Å². The van der Waals surface area contributed by atoms with Crippen molar-refractivity contribution in [3.05, 3.63) is 35.9 Å². The molecule has 0 aromatic heterocycles. The van der Waals surface area contributed by atoms with Crippen molar-refractivity contribution in [3.8, 4) is 0 Å². The van der Waals surface area contributed by atoms with Gasteiger partial charge in [-0.1, -0.05) is 30.3 Å². The van der Waals surface area contributed by atoms with Crippen LogP contribution in [0.2, 0.25) is 0 Å². The van der Waals surface area contributed by atoms with Crippen LogP contribution in [0.3, 0.4) is 0 Å². The summed E-state index contributed by atoms with van der Waals surface area (Å²) in [5.74, 6) is 0.530. The molecule has 0 bridgehead atoms. The highest BCUT2D eigenvalue weighted by molar-refractivity contribution is 7.80. The van der Waals surface area contributed by atoms with Gasteiger partial charge in [-0.15, -0.1) is 0 Å². The summed E-state index contributed by atoms with van der Waals surface area (Å²) in [6.45, 7) is 1.84. The molecule has 0 aliphatic rings. The van der Waals surface area contributed by atoms with E-state index in [-0.39, 0.29) is 0 Å². The lowest BCUT2D eigenvalue weighted by Crippen LogP contribution is -2.26. The van der Waals surface area contributed by atoms with Crippen LogP contribution in [-0.4, -0.2) is 16.5 Å². The van der Waals surface area contributed by atoms with Gasteiger partial charge >= 0.3 is 0 Å². The molecule has 0 saturated heterocycles. The Morgan fingerprint density at radius 1 is 1.29 bits per heavy atom. The van der Waals surface area contributed by atoms with Gasteiger partial charge in [0.15, 0.2) is 0 Å². The summed E-state index contributed by atoms with van der Waals surface area (Å²) in [5.41, 5.74) is 0.722. The maximum Gasteiger partial charge on any atom is 0.0707 e. The predicted octanol–water partition coefficient (Wildman–Crippen LogP) is 2.69. The van der Waals surface area contributed by atoms with Gasteiger partial charge in [0.05, 0.1) is 5.60 Å². The second-order valence-corrected chi connectivity index (χ2v) is 4.31. The van der Waals surface area contributed by atoms with Gasteiger partial charge in [-0.3, -0.25) is 0 Å². The quantitative estimate of drug-likeness (QED) is 0.716. The Morgan fingerprint density at radius 2 is 1.93 bits per heavy atom. The number of aliphatic hydroxyl groups is 1.